The third-order valence-corrected chi connectivity index (χ3v) is 3.71. The number of fused-ring (bicyclic) bond motifs is 1. The average molecular weight is 320 g/mol. The number of nitrogens with one attached hydrogen (secondary N) is 1. The smallest absolute Gasteiger partial charge is 0.252 e. The fourth-order valence-corrected chi connectivity index (χ4v) is 2.38. The molecule has 1 aromatic carbocycles. The van der Waals surface area contributed by atoms with Crippen LogP contribution in [0.5, 0.6) is 0 Å². The lowest BCUT2D eigenvalue weighted by Gasteiger charge is -2.13. The Morgan fingerprint density at radius 1 is 1.12 bits per heavy atom. The number of hydrogen-bond acceptors (Lipinski definition) is 4. The first-order valence-corrected chi connectivity index (χ1v) is 7.46. The van der Waals surface area contributed by atoms with Crippen LogP contribution in [0.15, 0.2) is 54.9 Å². The molecule has 3 rings (SSSR count). The highest BCUT2D eigenvalue weighted by Crippen LogP contribution is 2.24. The molecule has 6 nitrogen and oxygen atoms in total. The predicted octanol–water partition coefficient (Wildman–Crippen LogP) is 1.90. The van der Waals surface area contributed by atoms with Gasteiger partial charge in [0.1, 0.15) is 6.04 Å². The number of amides is 2. The van der Waals surface area contributed by atoms with Crippen LogP contribution in [0.4, 0.5) is 0 Å². The lowest BCUT2D eigenvalue weighted by molar-refractivity contribution is -0.119. The third kappa shape index (κ3) is 3.08. The van der Waals surface area contributed by atoms with Crippen LogP contribution in [0.25, 0.3) is 22.2 Å². The topological polar surface area (TPSA) is 98.0 Å². The Morgan fingerprint density at radius 3 is 2.54 bits per heavy atom. The van der Waals surface area contributed by atoms with Crippen molar-refractivity contribution in [3.05, 3.63) is 60.4 Å². The van der Waals surface area contributed by atoms with Gasteiger partial charge in [0.05, 0.1) is 16.8 Å². The van der Waals surface area contributed by atoms with Crippen LogP contribution < -0.4 is 11.1 Å². The maximum atomic E-state index is 12.6. The van der Waals surface area contributed by atoms with Crippen molar-refractivity contribution < 1.29 is 9.59 Å². The fourth-order valence-electron chi connectivity index (χ4n) is 2.38. The van der Waals surface area contributed by atoms with Crippen molar-refractivity contribution in [2.75, 3.05) is 0 Å². The second-order valence-electron chi connectivity index (χ2n) is 5.41. The number of nitrogens with two attached hydrogens (primary N) is 1. The van der Waals surface area contributed by atoms with Gasteiger partial charge in [-0.05, 0) is 31.2 Å². The molecule has 6 heteroatoms. The molecule has 0 fully saturated rings. The first-order chi connectivity index (χ1) is 11.6. The molecule has 1 atom stereocenters. The normalized spacial score (nSPS) is 11.9. The minimum Gasteiger partial charge on any atom is -0.368 e. The van der Waals surface area contributed by atoms with Gasteiger partial charge in [0.25, 0.3) is 5.91 Å². The van der Waals surface area contributed by atoms with Gasteiger partial charge < -0.3 is 11.1 Å². The van der Waals surface area contributed by atoms with E-state index in [4.69, 9.17) is 5.73 Å². The number of aromatic nitrogens is 2. The Morgan fingerprint density at radius 2 is 1.83 bits per heavy atom. The highest BCUT2D eigenvalue weighted by atomic mass is 16.2. The molecule has 2 aromatic heterocycles. The van der Waals surface area contributed by atoms with E-state index in [1.54, 1.807) is 25.4 Å². The standard InChI is InChI=1S/C18H16N4O2/c1-11(17(19)23)21-18(24)14-10-16(12-6-8-20-9-7-12)22-15-5-3-2-4-13(14)15/h2-11H,1H3,(H2,19,23)(H,21,24). The van der Waals surface area contributed by atoms with Crippen molar-refractivity contribution in [1.82, 2.24) is 15.3 Å². The molecule has 3 N–H and O–H groups in total. The van der Waals surface area contributed by atoms with E-state index in [-0.39, 0.29) is 5.91 Å². The zero-order valence-corrected chi connectivity index (χ0v) is 13.1. The SMILES string of the molecule is CC(NC(=O)c1cc(-c2ccncc2)nc2ccccc12)C(N)=O. The highest BCUT2D eigenvalue weighted by Gasteiger charge is 2.17. The zero-order valence-electron chi connectivity index (χ0n) is 13.1. The summed E-state index contributed by atoms with van der Waals surface area (Å²) in [4.78, 5) is 32.4. The molecule has 0 radical (unpaired) electrons. The number of primary amides is 1. The largest absolute Gasteiger partial charge is 0.368 e. The van der Waals surface area contributed by atoms with Crippen LogP contribution in [-0.4, -0.2) is 27.8 Å². The van der Waals surface area contributed by atoms with Crippen LogP contribution in [0, 0.1) is 0 Å². The van der Waals surface area contributed by atoms with Crippen molar-refractivity contribution >= 4 is 22.7 Å². The van der Waals surface area contributed by atoms with Gasteiger partial charge in [0.15, 0.2) is 0 Å². The lowest BCUT2D eigenvalue weighted by atomic mass is 10.0. The Balaban J connectivity index is 2.11. The van der Waals surface area contributed by atoms with E-state index in [0.29, 0.717) is 22.2 Å². The van der Waals surface area contributed by atoms with E-state index in [0.717, 1.165) is 5.56 Å². The molecule has 3 aromatic rings. The minimum absolute atomic E-state index is 0.366. The molecule has 0 saturated carbocycles. The summed E-state index contributed by atoms with van der Waals surface area (Å²) in [6.07, 6.45) is 3.34. The van der Waals surface area contributed by atoms with Gasteiger partial charge in [-0.25, -0.2) is 4.98 Å². The molecular formula is C18H16N4O2. The Labute approximate surface area is 138 Å². The fraction of sp³-hybridized carbons (Fsp3) is 0.111. The highest BCUT2D eigenvalue weighted by molar-refractivity contribution is 6.08. The van der Waals surface area contributed by atoms with E-state index in [9.17, 15) is 9.59 Å². The Hall–Kier alpha value is -3.28. The van der Waals surface area contributed by atoms with Crippen molar-refractivity contribution in [3.63, 3.8) is 0 Å². The number of nitrogens with zero attached hydrogens (tertiary/aromatic N) is 2. The van der Waals surface area contributed by atoms with E-state index in [2.05, 4.69) is 15.3 Å². The van der Waals surface area contributed by atoms with Gasteiger partial charge in [-0.15, -0.1) is 0 Å². The lowest BCUT2D eigenvalue weighted by Crippen LogP contribution is -2.42. The molecule has 120 valence electrons. The molecule has 0 spiro atoms. The summed E-state index contributed by atoms with van der Waals surface area (Å²) in [5, 5.41) is 3.33. The number of carbonyl (C=O) groups excluding carboxylic acids is 2. The number of pyridine rings is 2. The van der Waals surface area contributed by atoms with Crippen LogP contribution in [0.1, 0.15) is 17.3 Å². The van der Waals surface area contributed by atoms with Gasteiger partial charge in [-0.2, -0.15) is 0 Å². The minimum atomic E-state index is -0.756. The summed E-state index contributed by atoms with van der Waals surface area (Å²) in [6, 6.07) is 12.0. The summed E-state index contributed by atoms with van der Waals surface area (Å²) in [5.74, 6) is -0.953. The second-order valence-corrected chi connectivity index (χ2v) is 5.41. The van der Waals surface area contributed by atoms with E-state index >= 15 is 0 Å². The number of benzene rings is 1. The third-order valence-electron chi connectivity index (χ3n) is 3.71. The molecule has 1 unspecified atom stereocenters. The van der Waals surface area contributed by atoms with E-state index < -0.39 is 11.9 Å². The number of hydrogen-bond donors (Lipinski definition) is 2. The first kappa shape index (κ1) is 15.6. The molecule has 0 saturated heterocycles. The summed E-state index contributed by atoms with van der Waals surface area (Å²) >= 11 is 0. The van der Waals surface area contributed by atoms with Crippen molar-refractivity contribution in [1.29, 1.82) is 0 Å². The van der Waals surface area contributed by atoms with Crippen LogP contribution >= 0.6 is 0 Å². The van der Waals surface area contributed by atoms with E-state index in [1.165, 1.54) is 0 Å². The van der Waals surface area contributed by atoms with Crippen molar-refractivity contribution in [2.24, 2.45) is 5.73 Å². The molecular weight excluding hydrogens is 304 g/mol. The van der Waals surface area contributed by atoms with Gasteiger partial charge in [-0.3, -0.25) is 14.6 Å². The molecule has 2 amide bonds. The molecule has 2 heterocycles. The summed E-state index contributed by atoms with van der Waals surface area (Å²) in [5.41, 5.74) is 7.88. The molecule has 0 aliphatic heterocycles. The number of carbonyl (C=O) groups is 2. The zero-order chi connectivity index (χ0) is 17.1. The average Bonchev–Trinajstić information content (AvgIpc) is 2.61. The quantitative estimate of drug-likeness (QED) is 0.767. The maximum Gasteiger partial charge on any atom is 0.252 e. The molecule has 0 aliphatic carbocycles. The molecule has 24 heavy (non-hydrogen) atoms. The Bertz CT molecular complexity index is 909. The molecule has 0 bridgehead atoms. The van der Waals surface area contributed by atoms with Crippen molar-refractivity contribution in [3.8, 4) is 11.3 Å². The van der Waals surface area contributed by atoms with Crippen LogP contribution in [-0.2, 0) is 4.79 Å². The van der Waals surface area contributed by atoms with Gasteiger partial charge >= 0.3 is 0 Å². The second kappa shape index (κ2) is 6.45. The summed E-state index contributed by atoms with van der Waals surface area (Å²) in [6.45, 7) is 1.55. The van der Waals surface area contributed by atoms with Gasteiger partial charge in [0.2, 0.25) is 5.91 Å². The monoisotopic (exact) mass is 320 g/mol. The summed E-state index contributed by atoms with van der Waals surface area (Å²) < 4.78 is 0. The van der Waals surface area contributed by atoms with Crippen LogP contribution in [0.3, 0.4) is 0 Å². The summed E-state index contributed by atoms with van der Waals surface area (Å²) in [7, 11) is 0. The maximum absolute atomic E-state index is 12.6. The number of para-hydroxylation sites is 1. The Kier molecular flexibility index (Phi) is 4.20. The van der Waals surface area contributed by atoms with E-state index in [1.807, 2.05) is 36.4 Å². The van der Waals surface area contributed by atoms with Crippen molar-refractivity contribution in [2.45, 2.75) is 13.0 Å². The predicted molar refractivity (Wildman–Crippen MR) is 91.1 cm³/mol. The van der Waals surface area contributed by atoms with Gasteiger partial charge in [0, 0.05) is 23.3 Å². The van der Waals surface area contributed by atoms with Crippen LogP contribution in [0.2, 0.25) is 0 Å². The van der Waals surface area contributed by atoms with Gasteiger partial charge in [-0.1, -0.05) is 18.2 Å². The first-order valence-electron chi connectivity index (χ1n) is 7.46. The molecule has 0 aliphatic rings. The number of rotatable bonds is 4.